The van der Waals surface area contributed by atoms with Gasteiger partial charge in [-0.2, -0.15) is 0 Å². The summed E-state index contributed by atoms with van der Waals surface area (Å²) in [6, 6.07) is 6.45. The number of ether oxygens (including phenoxy) is 1. The summed E-state index contributed by atoms with van der Waals surface area (Å²) >= 11 is 0. The van der Waals surface area contributed by atoms with Crippen molar-refractivity contribution in [3.05, 3.63) is 35.6 Å². The van der Waals surface area contributed by atoms with Crippen molar-refractivity contribution in [1.82, 2.24) is 4.90 Å². The number of hydrogen-bond donors (Lipinski definition) is 1. The zero-order chi connectivity index (χ0) is 15.7. The van der Waals surface area contributed by atoms with Crippen LogP contribution in [0.15, 0.2) is 24.3 Å². The number of nitrogens with zero attached hydrogens (tertiary/aromatic N) is 1. The van der Waals surface area contributed by atoms with Crippen molar-refractivity contribution < 1.29 is 9.13 Å². The van der Waals surface area contributed by atoms with Crippen molar-refractivity contribution in [3.63, 3.8) is 0 Å². The van der Waals surface area contributed by atoms with Gasteiger partial charge in [-0.25, -0.2) is 4.39 Å². The molecule has 2 N–H and O–H groups in total. The molecule has 0 bridgehead atoms. The van der Waals surface area contributed by atoms with Crippen LogP contribution in [-0.4, -0.2) is 35.7 Å². The lowest BCUT2D eigenvalue weighted by atomic mass is 9.97. The molecule has 1 atom stereocenters. The van der Waals surface area contributed by atoms with Crippen LogP contribution in [0.3, 0.4) is 0 Å². The monoisotopic (exact) mass is 294 g/mol. The molecule has 1 aromatic carbocycles. The summed E-state index contributed by atoms with van der Waals surface area (Å²) in [5.41, 5.74) is 6.76. The summed E-state index contributed by atoms with van der Waals surface area (Å²) < 4.78 is 19.3. The standard InChI is InChI=1S/C17H27FN2O/c1-16(2)11-20(12-17(3,4)21-16)9-8-15(19)13-6-5-7-14(18)10-13/h5-7,10,15H,8-9,11-12,19H2,1-4H3. The number of hydrogen-bond acceptors (Lipinski definition) is 3. The van der Waals surface area contributed by atoms with E-state index in [0.717, 1.165) is 31.6 Å². The van der Waals surface area contributed by atoms with Gasteiger partial charge >= 0.3 is 0 Å². The molecule has 0 radical (unpaired) electrons. The second-order valence-corrected chi connectivity index (χ2v) is 7.28. The highest BCUT2D eigenvalue weighted by atomic mass is 19.1. The summed E-state index contributed by atoms with van der Waals surface area (Å²) in [5, 5.41) is 0. The Balaban J connectivity index is 1.93. The Bertz CT molecular complexity index is 471. The first-order valence-electron chi connectivity index (χ1n) is 7.60. The van der Waals surface area contributed by atoms with Crippen LogP contribution in [0.4, 0.5) is 4.39 Å². The van der Waals surface area contributed by atoms with Crippen LogP contribution < -0.4 is 5.73 Å². The smallest absolute Gasteiger partial charge is 0.123 e. The molecular formula is C17H27FN2O. The second kappa shape index (κ2) is 6.03. The Morgan fingerprint density at radius 1 is 1.24 bits per heavy atom. The van der Waals surface area contributed by atoms with Gasteiger partial charge in [0.05, 0.1) is 11.2 Å². The number of rotatable bonds is 4. The summed E-state index contributed by atoms with van der Waals surface area (Å²) in [4.78, 5) is 2.39. The van der Waals surface area contributed by atoms with Crippen LogP contribution in [0.2, 0.25) is 0 Å². The van der Waals surface area contributed by atoms with Crippen molar-refractivity contribution in [2.75, 3.05) is 19.6 Å². The van der Waals surface area contributed by atoms with Gasteiger partial charge in [0, 0.05) is 25.7 Å². The van der Waals surface area contributed by atoms with Crippen LogP contribution in [0, 0.1) is 5.82 Å². The highest BCUT2D eigenvalue weighted by molar-refractivity contribution is 5.19. The van der Waals surface area contributed by atoms with Crippen LogP contribution in [-0.2, 0) is 4.74 Å². The molecule has 0 amide bonds. The van der Waals surface area contributed by atoms with Crippen molar-refractivity contribution in [2.24, 2.45) is 5.73 Å². The minimum absolute atomic E-state index is 0.130. The lowest BCUT2D eigenvalue weighted by Gasteiger charge is -2.47. The number of nitrogens with two attached hydrogens (primary N) is 1. The average Bonchev–Trinajstić information content (AvgIpc) is 2.32. The fourth-order valence-electron chi connectivity index (χ4n) is 3.33. The van der Waals surface area contributed by atoms with Gasteiger partial charge in [0.1, 0.15) is 5.82 Å². The average molecular weight is 294 g/mol. The van der Waals surface area contributed by atoms with E-state index in [2.05, 4.69) is 32.6 Å². The predicted molar refractivity (Wildman–Crippen MR) is 83.6 cm³/mol. The normalized spacial score (nSPS) is 23.0. The molecule has 0 saturated carbocycles. The third-order valence-corrected chi connectivity index (χ3v) is 3.79. The highest BCUT2D eigenvalue weighted by Crippen LogP contribution is 2.28. The van der Waals surface area contributed by atoms with Gasteiger partial charge in [0.2, 0.25) is 0 Å². The van der Waals surface area contributed by atoms with Gasteiger partial charge in [0.15, 0.2) is 0 Å². The summed E-state index contributed by atoms with van der Waals surface area (Å²) in [7, 11) is 0. The maximum Gasteiger partial charge on any atom is 0.123 e. The van der Waals surface area contributed by atoms with E-state index in [0.29, 0.717) is 0 Å². The Labute approximate surface area is 127 Å². The SMILES string of the molecule is CC1(C)CN(CCC(N)c2cccc(F)c2)CC(C)(C)O1. The first-order valence-corrected chi connectivity index (χ1v) is 7.60. The fraction of sp³-hybridized carbons (Fsp3) is 0.647. The molecule has 1 fully saturated rings. The molecule has 0 aliphatic carbocycles. The first kappa shape index (κ1) is 16.4. The minimum atomic E-state index is -0.225. The third kappa shape index (κ3) is 4.77. The zero-order valence-electron chi connectivity index (χ0n) is 13.5. The third-order valence-electron chi connectivity index (χ3n) is 3.79. The molecule has 3 nitrogen and oxygen atoms in total. The quantitative estimate of drug-likeness (QED) is 0.927. The molecular weight excluding hydrogens is 267 g/mol. The lowest BCUT2D eigenvalue weighted by molar-refractivity contribution is -0.180. The minimum Gasteiger partial charge on any atom is -0.367 e. The van der Waals surface area contributed by atoms with Crippen molar-refractivity contribution >= 4 is 0 Å². The van der Waals surface area contributed by atoms with E-state index in [4.69, 9.17) is 10.5 Å². The molecule has 4 heteroatoms. The van der Waals surface area contributed by atoms with Gasteiger partial charge in [-0.3, -0.25) is 4.90 Å². The van der Waals surface area contributed by atoms with E-state index in [1.165, 1.54) is 12.1 Å². The summed E-state index contributed by atoms with van der Waals surface area (Å²) in [6.07, 6.45) is 0.815. The molecule has 118 valence electrons. The molecule has 1 saturated heterocycles. The number of halogens is 1. The Kier molecular flexibility index (Phi) is 4.71. The molecule has 1 aliphatic heterocycles. The second-order valence-electron chi connectivity index (χ2n) is 7.28. The molecule has 1 aromatic rings. The largest absolute Gasteiger partial charge is 0.367 e. The van der Waals surface area contributed by atoms with Crippen molar-refractivity contribution in [2.45, 2.75) is 51.4 Å². The van der Waals surface area contributed by atoms with E-state index < -0.39 is 0 Å². The van der Waals surface area contributed by atoms with E-state index in [1.54, 1.807) is 6.07 Å². The molecule has 1 aliphatic rings. The molecule has 2 rings (SSSR count). The fourth-order valence-corrected chi connectivity index (χ4v) is 3.33. The van der Waals surface area contributed by atoms with Gasteiger partial charge in [-0.1, -0.05) is 12.1 Å². The Morgan fingerprint density at radius 2 is 1.86 bits per heavy atom. The van der Waals surface area contributed by atoms with E-state index in [-0.39, 0.29) is 23.1 Å². The van der Waals surface area contributed by atoms with Gasteiger partial charge in [0.25, 0.3) is 0 Å². The molecule has 21 heavy (non-hydrogen) atoms. The van der Waals surface area contributed by atoms with Crippen molar-refractivity contribution in [1.29, 1.82) is 0 Å². The van der Waals surface area contributed by atoms with Crippen LogP contribution in [0.25, 0.3) is 0 Å². The van der Waals surface area contributed by atoms with Gasteiger partial charge in [-0.15, -0.1) is 0 Å². The van der Waals surface area contributed by atoms with Crippen LogP contribution >= 0.6 is 0 Å². The van der Waals surface area contributed by atoms with E-state index >= 15 is 0 Å². The molecule has 0 aromatic heterocycles. The maximum absolute atomic E-state index is 13.2. The first-order chi connectivity index (χ1) is 9.67. The predicted octanol–water partition coefficient (Wildman–Crippen LogP) is 3.11. The topological polar surface area (TPSA) is 38.5 Å². The molecule has 0 spiro atoms. The van der Waals surface area contributed by atoms with E-state index in [9.17, 15) is 4.39 Å². The molecule has 1 unspecified atom stereocenters. The number of morpholine rings is 1. The van der Waals surface area contributed by atoms with Crippen molar-refractivity contribution in [3.8, 4) is 0 Å². The Morgan fingerprint density at radius 3 is 2.43 bits per heavy atom. The van der Waals surface area contributed by atoms with Gasteiger partial charge in [-0.05, 0) is 51.8 Å². The van der Waals surface area contributed by atoms with Crippen LogP contribution in [0.5, 0.6) is 0 Å². The summed E-state index contributed by atoms with van der Waals surface area (Å²) in [6.45, 7) is 11.2. The highest BCUT2D eigenvalue weighted by Gasteiger charge is 2.37. The van der Waals surface area contributed by atoms with E-state index in [1.807, 2.05) is 6.07 Å². The Hall–Kier alpha value is -0.970. The van der Waals surface area contributed by atoms with Crippen LogP contribution in [0.1, 0.15) is 45.7 Å². The number of benzene rings is 1. The summed E-state index contributed by atoms with van der Waals surface area (Å²) in [5.74, 6) is -0.225. The molecule has 1 heterocycles. The maximum atomic E-state index is 13.2. The zero-order valence-corrected chi connectivity index (χ0v) is 13.5. The van der Waals surface area contributed by atoms with Gasteiger partial charge < -0.3 is 10.5 Å². The lowest BCUT2D eigenvalue weighted by Crippen LogP contribution is -2.57.